The molecule has 0 radical (unpaired) electrons. The van der Waals surface area contributed by atoms with Crippen LogP contribution in [0.5, 0.6) is 0 Å². The first-order chi connectivity index (χ1) is 8.45. The second kappa shape index (κ2) is 5.76. The van der Waals surface area contributed by atoms with Gasteiger partial charge in [-0.3, -0.25) is 5.32 Å². The van der Waals surface area contributed by atoms with Crippen LogP contribution in [0.25, 0.3) is 0 Å². The Hall–Kier alpha value is -2.44. The fraction of sp³-hybridized carbons (Fsp3) is 0.0909. The van der Waals surface area contributed by atoms with E-state index in [1.807, 2.05) is 5.32 Å². The van der Waals surface area contributed by atoms with Crippen LogP contribution in [0.3, 0.4) is 0 Å². The van der Waals surface area contributed by atoms with Gasteiger partial charge in [-0.1, -0.05) is 12.7 Å². The van der Waals surface area contributed by atoms with E-state index in [1.54, 1.807) is 0 Å². The summed E-state index contributed by atoms with van der Waals surface area (Å²) in [5, 5.41) is 10.5. The molecular formula is C11H9F2NO4. The number of amides is 1. The van der Waals surface area contributed by atoms with E-state index in [4.69, 9.17) is 5.11 Å². The molecule has 0 bridgehead atoms. The zero-order chi connectivity index (χ0) is 13.7. The number of aromatic carboxylic acids is 1. The number of carboxylic acids is 1. The molecule has 0 aliphatic heterocycles. The van der Waals surface area contributed by atoms with Crippen LogP contribution in [0.4, 0.5) is 19.3 Å². The third-order valence-corrected chi connectivity index (χ3v) is 1.86. The van der Waals surface area contributed by atoms with Crippen molar-refractivity contribution in [3.63, 3.8) is 0 Å². The van der Waals surface area contributed by atoms with Crippen LogP contribution < -0.4 is 5.32 Å². The summed E-state index contributed by atoms with van der Waals surface area (Å²) in [7, 11) is 0. The maximum Gasteiger partial charge on any atom is 0.412 e. The van der Waals surface area contributed by atoms with Crippen LogP contribution in [-0.2, 0) is 4.74 Å². The first-order valence-corrected chi connectivity index (χ1v) is 4.72. The number of carboxylic acid groups (broad SMARTS) is 1. The maximum absolute atomic E-state index is 13.4. The molecule has 1 aromatic rings. The minimum atomic E-state index is -1.60. The Morgan fingerprint density at radius 2 is 2.06 bits per heavy atom. The van der Waals surface area contributed by atoms with Gasteiger partial charge in [0.15, 0.2) is 0 Å². The van der Waals surface area contributed by atoms with E-state index in [2.05, 4.69) is 11.3 Å². The number of hydrogen-bond acceptors (Lipinski definition) is 3. The number of nitrogens with one attached hydrogen (secondary N) is 1. The Kier molecular flexibility index (Phi) is 4.36. The van der Waals surface area contributed by atoms with Gasteiger partial charge in [0, 0.05) is 6.07 Å². The molecule has 0 aliphatic carbocycles. The normalized spacial score (nSPS) is 9.67. The van der Waals surface area contributed by atoms with Gasteiger partial charge in [0.05, 0.1) is 11.3 Å². The molecule has 5 nitrogen and oxygen atoms in total. The van der Waals surface area contributed by atoms with Crippen LogP contribution >= 0.6 is 0 Å². The first-order valence-electron chi connectivity index (χ1n) is 4.72. The standard InChI is InChI=1S/C11H9F2NO4/c1-2-3-18-11(17)14-9-5-7(12)6(10(15)16)4-8(9)13/h2,4-5H,1,3H2,(H,14,17)(H,15,16). The molecule has 7 heteroatoms. The van der Waals surface area contributed by atoms with Gasteiger partial charge in [0.1, 0.15) is 18.2 Å². The smallest absolute Gasteiger partial charge is 0.412 e. The number of carbonyl (C=O) groups excluding carboxylic acids is 1. The second-order valence-electron chi connectivity index (χ2n) is 3.13. The zero-order valence-electron chi connectivity index (χ0n) is 9.07. The molecule has 0 atom stereocenters. The Labute approximate surface area is 101 Å². The Balaban J connectivity index is 2.91. The number of rotatable bonds is 4. The van der Waals surface area contributed by atoms with Gasteiger partial charge in [-0.25, -0.2) is 18.4 Å². The molecule has 1 rings (SSSR count). The summed E-state index contributed by atoms with van der Waals surface area (Å²) in [5.41, 5.74) is -1.33. The number of carbonyl (C=O) groups is 2. The van der Waals surface area contributed by atoms with Crippen molar-refractivity contribution in [2.45, 2.75) is 0 Å². The van der Waals surface area contributed by atoms with E-state index in [1.165, 1.54) is 6.08 Å². The number of ether oxygens (including phenoxy) is 1. The highest BCUT2D eigenvalue weighted by Crippen LogP contribution is 2.19. The number of hydrogen-bond donors (Lipinski definition) is 2. The predicted octanol–water partition coefficient (Wildman–Crippen LogP) is 2.40. The lowest BCUT2D eigenvalue weighted by Gasteiger charge is -2.07. The Morgan fingerprint density at radius 3 is 2.61 bits per heavy atom. The molecule has 1 amide bonds. The van der Waals surface area contributed by atoms with Crippen molar-refractivity contribution in [1.29, 1.82) is 0 Å². The number of benzene rings is 1. The largest absolute Gasteiger partial charge is 0.478 e. The highest BCUT2D eigenvalue weighted by atomic mass is 19.1. The Bertz CT molecular complexity index is 502. The SMILES string of the molecule is C=CCOC(=O)Nc1cc(F)c(C(=O)O)cc1F. The fourth-order valence-electron chi connectivity index (χ4n) is 1.09. The van der Waals surface area contributed by atoms with E-state index in [0.29, 0.717) is 12.1 Å². The number of anilines is 1. The highest BCUT2D eigenvalue weighted by Gasteiger charge is 2.16. The van der Waals surface area contributed by atoms with Gasteiger partial charge < -0.3 is 9.84 Å². The monoisotopic (exact) mass is 257 g/mol. The van der Waals surface area contributed by atoms with E-state index in [0.717, 1.165) is 0 Å². The molecule has 0 fully saturated rings. The molecular weight excluding hydrogens is 248 g/mol. The molecule has 0 saturated carbocycles. The van der Waals surface area contributed by atoms with E-state index in [9.17, 15) is 18.4 Å². The summed E-state index contributed by atoms with van der Waals surface area (Å²) >= 11 is 0. The van der Waals surface area contributed by atoms with Crippen LogP contribution in [0.1, 0.15) is 10.4 Å². The molecule has 0 aromatic heterocycles. The van der Waals surface area contributed by atoms with Gasteiger partial charge in [0.25, 0.3) is 0 Å². The summed E-state index contributed by atoms with van der Waals surface area (Å²) in [6, 6.07) is 1.04. The summed E-state index contributed by atoms with van der Waals surface area (Å²) < 4.78 is 31.1. The second-order valence-corrected chi connectivity index (χ2v) is 3.13. The van der Waals surface area contributed by atoms with Crippen LogP contribution in [0.2, 0.25) is 0 Å². The van der Waals surface area contributed by atoms with Gasteiger partial charge in [-0.15, -0.1) is 0 Å². The molecule has 2 N–H and O–H groups in total. The highest BCUT2D eigenvalue weighted by molar-refractivity contribution is 5.90. The van der Waals surface area contributed by atoms with Gasteiger partial charge in [0.2, 0.25) is 0 Å². The van der Waals surface area contributed by atoms with Crippen molar-refractivity contribution in [3.8, 4) is 0 Å². The summed E-state index contributed by atoms with van der Waals surface area (Å²) in [6.07, 6.45) is 0.292. The molecule has 0 unspecified atom stereocenters. The van der Waals surface area contributed by atoms with Crippen molar-refractivity contribution >= 4 is 17.7 Å². The van der Waals surface area contributed by atoms with Crippen LogP contribution in [-0.4, -0.2) is 23.8 Å². The van der Waals surface area contributed by atoms with Crippen molar-refractivity contribution in [1.82, 2.24) is 0 Å². The average molecular weight is 257 g/mol. The minimum Gasteiger partial charge on any atom is -0.478 e. The quantitative estimate of drug-likeness (QED) is 0.812. The molecule has 0 aliphatic rings. The predicted molar refractivity (Wildman–Crippen MR) is 58.5 cm³/mol. The van der Waals surface area contributed by atoms with Gasteiger partial charge in [-0.05, 0) is 6.07 Å². The average Bonchev–Trinajstić information content (AvgIpc) is 2.30. The minimum absolute atomic E-state index is 0.0941. The molecule has 18 heavy (non-hydrogen) atoms. The van der Waals surface area contributed by atoms with E-state index < -0.39 is 34.9 Å². The van der Waals surface area contributed by atoms with Gasteiger partial charge in [-0.2, -0.15) is 0 Å². The molecule has 96 valence electrons. The van der Waals surface area contributed by atoms with Gasteiger partial charge >= 0.3 is 12.1 Å². The lowest BCUT2D eigenvalue weighted by Crippen LogP contribution is -2.15. The molecule has 0 saturated heterocycles. The Morgan fingerprint density at radius 1 is 1.39 bits per heavy atom. The number of halogens is 2. The lowest BCUT2D eigenvalue weighted by atomic mass is 10.2. The maximum atomic E-state index is 13.4. The van der Waals surface area contributed by atoms with Crippen molar-refractivity contribution in [2.75, 3.05) is 11.9 Å². The fourth-order valence-corrected chi connectivity index (χ4v) is 1.09. The summed E-state index contributed by atoms with van der Waals surface area (Å²) in [5.74, 6) is -3.85. The summed E-state index contributed by atoms with van der Waals surface area (Å²) in [6.45, 7) is 3.20. The van der Waals surface area contributed by atoms with E-state index >= 15 is 0 Å². The van der Waals surface area contributed by atoms with Crippen LogP contribution in [0.15, 0.2) is 24.8 Å². The summed E-state index contributed by atoms with van der Waals surface area (Å²) in [4.78, 5) is 21.6. The molecule has 0 spiro atoms. The zero-order valence-corrected chi connectivity index (χ0v) is 9.07. The lowest BCUT2D eigenvalue weighted by molar-refractivity contribution is 0.0691. The third kappa shape index (κ3) is 3.27. The first kappa shape index (κ1) is 13.6. The van der Waals surface area contributed by atoms with Crippen molar-refractivity contribution < 1.29 is 28.2 Å². The van der Waals surface area contributed by atoms with E-state index in [-0.39, 0.29) is 6.61 Å². The van der Waals surface area contributed by atoms with Crippen molar-refractivity contribution in [3.05, 3.63) is 42.0 Å². The topological polar surface area (TPSA) is 75.6 Å². The molecule has 0 heterocycles. The van der Waals surface area contributed by atoms with Crippen molar-refractivity contribution in [2.24, 2.45) is 0 Å². The molecule has 1 aromatic carbocycles. The van der Waals surface area contributed by atoms with Crippen LogP contribution in [0, 0.1) is 11.6 Å². The third-order valence-electron chi connectivity index (χ3n) is 1.86.